The Morgan fingerprint density at radius 2 is 1.97 bits per heavy atom. The summed E-state index contributed by atoms with van der Waals surface area (Å²) in [6, 6.07) is 5.78. The van der Waals surface area contributed by atoms with Crippen molar-refractivity contribution >= 4 is 29.1 Å². The molecule has 0 aliphatic carbocycles. The summed E-state index contributed by atoms with van der Waals surface area (Å²) in [6.07, 6.45) is -0.0604. The van der Waals surface area contributed by atoms with Gasteiger partial charge in [-0.1, -0.05) is 19.0 Å². The molecule has 0 saturated carbocycles. The molecule has 1 aromatic heterocycles. The van der Waals surface area contributed by atoms with Crippen LogP contribution in [0.15, 0.2) is 28.8 Å². The fourth-order valence-corrected chi connectivity index (χ4v) is 3.86. The van der Waals surface area contributed by atoms with Gasteiger partial charge >= 0.3 is 5.97 Å². The van der Waals surface area contributed by atoms with Crippen LogP contribution in [0, 0.1) is 28.9 Å². The molecule has 1 saturated heterocycles. The minimum absolute atomic E-state index is 0.00508. The van der Waals surface area contributed by atoms with E-state index in [1.165, 1.54) is 25.1 Å². The van der Waals surface area contributed by atoms with Gasteiger partial charge in [0.15, 0.2) is 11.9 Å². The maximum atomic E-state index is 12.5. The van der Waals surface area contributed by atoms with Crippen LogP contribution in [0.4, 0.5) is 17.2 Å². The minimum atomic E-state index is -1.13. The first-order valence-corrected chi connectivity index (χ1v) is 10.1. The summed E-state index contributed by atoms with van der Waals surface area (Å²) in [5.74, 6) is 0.139. The van der Waals surface area contributed by atoms with Crippen LogP contribution in [0.1, 0.15) is 43.3 Å². The lowest BCUT2D eigenvalue weighted by Gasteiger charge is -2.36. The number of aromatic nitrogens is 1. The third-order valence-electron chi connectivity index (χ3n) is 5.15. The number of hydrogen-bond acceptors (Lipinski definition) is 8. The van der Waals surface area contributed by atoms with Crippen molar-refractivity contribution in [3.05, 3.63) is 45.7 Å². The van der Waals surface area contributed by atoms with E-state index in [0.717, 1.165) is 6.42 Å². The van der Waals surface area contributed by atoms with Crippen molar-refractivity contribution in [2.45, 2.75) is 40.2 Å². The number of amides is 1. The second-order valence-corrected chi connectivity index (χ2v) is 8.17. The van der Waals surface area contributed by atoms with E-state index in [9.17, 15) is 19.7 Å². The molecule has 31 heavy (non-hydrogen) atoms. The second-order valence-electron chi connectivity index (χ2n) is 8.17. The molecule has 0 bridgehead atoms. The third kappa shape index (κ3) is 5.39. The lowest BCUT2D eigenvalue weighted by molar-refractivity contribution is -0.384. The molecule has 3 atom stereocenters. The van der Waals surface area contributed by atoms with E-state index < -0.39 is 22.9 Å². The number of anilines is 2. The maximum absolute atomic E-state index is 12.5. The number of benzene rings is 1. The molecule has 1 N–H and O–H groups in total. The lowest BCUT2D eigenvalue weighted by atomic mass is 9.91. The Labute approximate surface area is 179 Å². The van der Waals surface area contributed by atoms with E-state index in [0.29, 0.717) is 36.4 Å². The van der Waals surface area contributed by atoms with Gasteiger partial charge in [-0.3, -0.25) is 14.9 Å². The Morgan fingerprint density at radius 1 is 1.29 bits per heavy atom. The fraction of sp³-hybridized carbons (Fsp3) is 0.476. The van der Waals surface area contributed by atoms with Crippen LogP contribution in [-0.2, 0) is 9.53 Å². The molecule has 0 unspecified atom stereocenters. The Kier molecular flexibility index (Phi) is 6.57. The zero-order valence-electron chi connectivity index (χ0n) is 18.0. The van der Waals surface area contributed by atoms with Crippen molar-refractivity contribution in [1.29, 1.82) is 0 Å². The van der Waals surface area contributed by atoms with E-state index in [2.05, 4.69) is 24.3 Å². The monoisotopic (exact) mass is 430 g/mol. The number of ether oxygens (including phenoxy) is 1. The highest BCUT2D eigenvalue weighted by molar-refractivity contribution is 5.97. The standard InChI is InChI=1S/C21H26N4O6/c1-12-7-13(2)11-24(10-12)17-6-5-16(9-18(17)25(28)29)21(27)30-15(4)20(26)22-19-8-14(3)31-23-19/h5-6,8-9,12-13,15H,7,10-11H2,1-4H3,(H,22,23,26)/t12-,13-,15+/m1/s1. The largest absolute Gasteiger partial charge is 0.449 e. The van der Waals surface area contributed by atoms with Crippen LogP contribution in [0.5, 0.6) is 0 Å². The van der Waals surface area contributed by atoms with Crippen LogP contribution in [0.2, 0.25) is 0 Å². The van der Waals surface area contributed by atoms with Gasteiger partial charge in [0.1, 0.15) is 11.4 Å². The van der Waals surface area contributed by atoms with E-state index >= 15 is 0 Å². The molecule has 3 rings (SSSR count). The molecule has 1 amide bonds. The number of aryl methyl sites for hydroxylation is 1. The number of carbonyl (C=O) groups excluding carboxylic acids is 2. The van der Waals surface area contributed by atoms with Crippen molar-refractivity contribution in [2.75, 3.05) is 23.3 Å². The summed E-state index contributed by atoms with van der Waals surface area (Å²) in [6.45, 7) is 8.74. The molecule has 166 valence electrons. The van der Waals surface area contributed by atoms with Gasteiger partial charge in [-0.15, -0.1) is 0 Å². The normalized spacial score (nSPS) is 19.5. The third-order valence-corrected chi connectivity index (χ3v) is 5.15. The van der Waals surface area contributed by atoms with Crippen LogP contribution < -0.4 is 10.2 Å². The van der Waals surface area contributed by atoms with Crippen LogP contribution >= 0.6 is 0 Å². The molecule has 2 aromatic rings. The number of carbonyl (C=O) groups is 2. The van der Waals surface area contributed by atoms with Gasteiger partial charge in [-0.2, -0.15) is 0 Å². The van der Waals surface area contributed by atoms with E-state index in [-0.39, 0.29) is 17.1 Å². The number of rotatable bonds is 6. The topological polar surface area (TPSA) is 128 Å². The van der Waals surface area contributed by atoms with Gasteiger partial charge < -0.3 is 19.5 Å². The number of nitrogens with one attached hydrogen (secondary N) is 1. The second kappa shape index (κ2) is 9.15. The number of hydrogen-bond donors (Lipinski definition) is 1. The summed E-state index contributed by atoms with van der Waals surface area (Å²) < 4.78 is 10.1. The Bertz CT molecular complexity index is 978. The van der Waals surface area contributed by atoms with Gasteiger partial charge in [0.05, 0.1) is 10.5 Å². The SMILES string of the molecule is Cc1cc(NC(=O)[C@H](C)OC(=O)c2ccc(N3C[C@H](C)C[C@@H](C)C3)c([N+](=O)[O-])c2)no1. The molecule has 1 aliphatic heterocycles. The summed E-state index contributed by atoms with van der Waals surface area (Å²) in [7, 11) is 0. The highest BCUT2D eigenvalue weighted by Gasteiger charge is 2.29. The molecule has 1 aromatic carbocycles. The number of esters is 1. The summed E-state index contributed by atoms with van der Waals surface area (Å²) in [5.41, 5.74) is 0.323. The molecule has 10 heteroatoms. The molecular weight excluding hydrogens is 404 g/mol. The van der Waals surface area contributed by atoms with E-state index in [4.69, 9.17) is 9.26 Å². The van der Waals surface area contributed by atoms with E-state index in [1.807, 2.05) is 4.90 Å². The highest BCUT2D eigenvalue weighted by atomic mass is 16.6. The first-order valence-electron chi connectivity index (χ1n) is 10.1. The zero-order chi connectivity index (χ0) is 22.7. The number of piperidine rings is 1. The molecule has 0 spiro atoms. The summed E-state index contributed by atoms with van der Waals surface area (Å²) >= 11 is 0. The average Bonchev–Trinajstić information content (AvgIpc) is 3.11. The van der Waals surface area contributed by atoms with Crippen LogP contribution in [0.3, 0.4) is 0 Å². The van der Waals surface area contributed by atoms with Crippen molar-refractivity contribution in [1.82, 2.24) is 5.16 Å². The Morgan fingerprint density at radius 3 is 2.55 bits per heavy atom. The number of nitro benzene ring substituents is 1. The smallest absolute Gasteiger partial charge is 0.339 e. The van der Waals surface area contributed by atoms with Crippen LogP contribution in [-0.4, -0.2) is 41.1 Å². The van der Waals surface area contributed by atoms with Crippen molar-refractivity contribution in [3.8, 4) is 0 Å². The molecule has 10 nitrogen and oxygen atoms in total. The van der Waals surface area contributed by atoms with Gasteiger partial charge in [0.25, 0.3) is 11.6 Å². The molecule has 1 aliphatic rings. The van der Waals surface area contributed by atoms with Gasteiger partial charge in [0.2, 0.25) is 0 Å². The van der Waals surface area contributed by atoms with Gasteiger partial charge in [0, 0.05) is 25.2 Å². The van der Waals surface area contributed by atoms with Crippen LogP contribution in [0.25, 0.3) is 0 Å². The molecular formula is C21H26N4O6. The van der Waals surface area contributed by atoms with Crippen molar-refractivity contribution in [3.63, 3.8) is 0 Å². The van der Waals surface area contributed by atoms with Crippen molar-refractivity contribution in [2.24, 2.45) is 11.8 Å². The average molecular weight is 430 g/mol. The number of nitro groups is 1. The summed E-state index contributed by atoms with van der Waals surface area (Å²) in [5, 5.41) is 17.8. The Balaban J connectivity index is 1.73. The summed E-state index contributed by atoms with van der Waals surface area (Å²) in [4.78, 5) is 37.9. The van der Waals surface area contributed by atoms with Crippen molar-refractivity contribution < 1.29 is 23.8 Å². The quantitative estimate of drug-likeness (QED) is 0.419. The zero-order valence-corrected chi connectivity index (χ0v) is 18.0. The molecule has 2 heterocycles. The Hall–Kier alpha value is -3.43. The predicted octanol–water partition coefficient (Wildman–Crippen LogP) is 3.56. The first-order chi connectivity index (χ1) is 14.6. The highest BCUT2D eigenvalue weighted by Crippen LogP contribution is 2.34. The van der Waals surface area contributed by atoms with E-state index in [1.54, 1.807) is 13.0 Å². The lowest BCUT2D eigenvalue weighted by Crippen LogP contribution is -2.39. The predicted molar refractivity (Wildman–Crippen MR) is 113 cm³/mol. The van der Waals surface area contributed by atoms with Gasteiger partial charge in [-0.05, 0) is 44.2 Å². The fourth-order valence-electron chi connectivity index (χ4n) is 3.86. The molecule has 0 radical (unpaired) electrons. The molecule has 1 fully saturated rings. The van der Waals surface area contributed by atoms with Gasteiger partial charge in [-0.25, -0.2) is 4.79 Å². The first kappa shape index (κ1) is 22.3. The minimum Gasteiger partial charge on any atom is -0.449 e. The number of nitrogens with zero attached hydrogens (tertiary/aromatic N) is 3. The maximum Gasteiger partial charge on any atom is 0.339 e.